The van der Waals surface area contributed by atoms with Crippen molar-refractivity contribution < 1.29 is 18.7 Å². The van der Waals surface area contributed by atoms with E-state index in [0.717, 1.165) is 31.2 Å². The molecule has 32 heavy (non-hydrogen) atoms. The largest absolute Gasteiger partial charge is 0.497 e. The number of hydrogen-bond donors (Lipinski definition) is 1. The Balaban J connectivity index is 1.81. The van der Waals surface area contributed by atoms with Gasteiger partial charge in [-0.05, 0) is 61.7 Å². The Kier molecular flexibility index (Phi) is 6.59. The van der Waals surface area contributed by atoms with Crippen LogP contribution in [0.3, 0.4) is 0 Å². The highest BCUT2D eigenvalue weighted by Crippen LogP contribution is 2.32. The lowest BCUT2D eigenvalue weighted by atomic mass is 10.0. The zero-order valence-corrected chi connectivity index (χ0v) is 18.4. The molecule has 4 rings (SSSR count). The summed E-state index contributed by atoms with van der Waals surface area (Å²) in [4.78, 5) is 28.8. The van der Waals surface area contributed by atoms with E-state index in [9.17, 15) is 9.59 Å². The fourth-order valence-electron chi connectivity index (χ4n) is 4.19. The van der Waals surface area contributed by atoms with Gasteiger partial charge in [-0.2, -0.15) is 0 Å². The van der Waals surface area contributed by atoms with Crippen molar-refractivity contribution >= 4 is 17.5 Å². The zero-order chi connectivity index (χ0) is 22.5. The van der Waals surface area contributed by atoms with E-state index < -0.39 is 6.04 Å². The van der Waals surface area contributed by atoms with Crippen LogP contribution in [0.2, 0.25) is 0 Å². The summed E-state index contributed by atoms with van der Waals surface area (Å²) >= 11 is 0. The molecule has 1 aromatic heterocycles. The van der Waals surface area contributed by atoms with Crippen molar-refractivity contribution in [3.8, 4) is 5.75 Å². The average Bonchev–Trinajstić information content (AvgIpc) is 3.52. The first-order valence-electron chi connectivity index (χ1n) is 10.9. The van der Waals surface area contributed by atoms with E-state index >= 15 is 0 Å². The molecule has 0 radical (unpaired) electrons. The zero-order valence-electron chi connectivity index (χ0n) is 18.4. The molecule has 2 amide bonds. The molecule has 1 saturated carbocycles. The van der Waals surface area contributed by atoms with E-state index in [1.54, 1.807) is 25.3 Å². The predicted octanol–water partition coefficient (Wildman–Crippen LogP) is 5.04. The molecule has 0 aliphatic heterocycles. The van der Waals surface area contributed by atoms with E-state index in [2.05, 4.69) is 5.32 Å². The number of methoxy groups -OCH3 is 1. The number of hydrogen-bond acceptors (Lipinski definition) is 4. The van der Waals surface area contributed by atoms with Crippen molar-refractivity contribution in [3.05, 3.63) is 83.8 Å². The maximum Gasteiger partial charge on any atom is 0.294 e. The second-order valence-corrected chi connectivity index (χ2v) is 8.16. The number of benzene rings is 2. The normalized spacial score (nSPS) is 14.7. The van der Waals surface area contributed by atoms with Gasteiger partial charge in [0.15, 0.2) is 5.76 Å². The van der Waals surface area contributed by atoms with E-state index in [1.807, 2.05) is 49.4 Å². The van der Waals surface area contributed by atoms with Gasteiger partial charge in [0.25, 0.3) is 5.91 Å². The number of carbonyl (C=O) groups is 2. The van der Waals surface area contributed by atoms with Crippen molar-refractivity contribution in [1.82, 2.24) is 5.32 Å². The second kappa shape index (κ2) is 9.73. The van der Waals surface area contributed by atoms with Crippen LogP contribution in [-0.4, -0.2) is 25.0 Å². The van der Waals surface area contributed by atoms with E-state index in [1.165, 1.54) is 11.2 Å². The summed E-state index contributed by atoms with van der Waals surface area (Å²) in [5.41, 5.74) is 2.35. The number of anilines is 1. The number of nitrogens with one attached hydrogen (secondary N) is 1. The van der Waals surface area contributed by atoms with Crippen LogP contribution < -0.4 is 15.0 Å². The van der Waals surface area contributed by atoms with Crippen LogP contribution >= 0.6 is 0 Å². The molecular formula is C26H28N2O4. The Labute approximate surface area is 188 Å². The van der Waals surface area contributed by atoms with Gasteiger partial charge in [0.2, 0.25) is 5.91 Å². The van der Waals surface area contributed by atoms with Gasteiger partial charge < -0.3 is 14.5 Å². The van der Waals surface area contributed by atoms with Gasteiger partial charge in [0.1, 0.15) is 11.8 Å². The average molecular weight is 433 g/mol. The van der Waals surface area contributed by atoms with Crippen LogP contribution in [0.1, 0.15) is 53.4 Å². The first kappa shape index (κ1) is 21.7. The van der Waals surface area contributed by atoms with Crippen LogP contribution in [0, 0.1) is 6.92 Å². The monoisotopic (exact) mass is 432 g/mol. The summed E-state index contributed by atoms with van der Waals surface area (Å²) in [6, 6.07) is 17.4. The third-order valence-electron chi connectivity index (χ3n) is 5.88. The summed E-state index contributed by atoms with van der Waals surface area (Å²) in [5.74, 6) is 0.196. The van der Waals surface area contributed by atoms with Crippen LogP contribution in [-0.2, 0) is 4.79 Å². The Morgan fingerprint density at radius 1 is 1.06 bits per heavy atom. The van der Waals surface area contributed by atoms with Crippen molar-refractivity contribution in [2.75, 3.05) is 12.0 Å². The number of ether oxygens (including phenoxy) is 1. The fourth-order valence-corrected chi connectivity index (χ4v) is 4.19. The third-order valence-corrected chi connectivity index (χ3v) is 5.88. The SMILES string of the molecule is COc1cccc(C(C(=O)NC2CCCC2)N(C(=O)c2ccco2)c2ccc(C)cc2)c1. The topological polar surface area (TPSA) is 71.8 Å². The van der Waals surface area contributed by atoms with Crippen molar-refractivity contribution in [3.63, 3.8) is 0 Å². The van der Waals surface area contributed by atoms with Crippen molar-refractivity contribution in [2.45, 2.75) is 44.7 Å². The van der Waals surface area contributed by atoms with Gasteiger partial charge in [0.05, 0.1) is 13.4 Å². The molecule has 1 aliphatic rings. The van der Waals surface area contributed by atoms with Crippen molar-refractivity contribution in [2.24, 2.45) is 0 Å². The molecule has 1 N–H and O–H groups in total. The standard InChI is InChI=1S/C26H28N2O4/c1-18-12-14-21(15-13-18)28(26(30)23-11-6-16-32-23)24(19-7-5-10-22(17-19)31-2)25(29)27-20-8-3-4-9-20/h5-7,10-17,20,24H,3-4,8-9H2,1-2H3,(H,27,29). The van der Waals surface area contributed by atoms with Crippen LogP contribution in [0.15, 0.2) is 71.3 Å². The molecule has 2 aromatic carbocycles. The minimum atomic E-state index is -0.883. The number of nitrogens with zero attached hydrogens (tertiary/aromatic N) is 1. The van der Waals surface area contributed by atoms with Gasteiger partial charge in [-0.1, -0.05) is 42.7 Å². The molecule has 0 saturated heterocycles. The summed E-state index contributed by atoms with van der Waals surface area (Å²) in [7, 11) is 1.58. The molecule has 6 nitrogen and oxygen atoms in total. The quantitative estimate of drug-likeness (QED) is 0.568. The number of rotatable bonds is 7. The molecule has 1 fully saturated rings. The number of amides is 2. The highest BCUT2D eigenvalue weighted by atomic mass is 16.5. The highest BCUT2D eigenvalue weighted by Gasteiger charge is 2.36. The Morgan fingerprint density at radius 3 is 2.47 bits per heavy atom. The smallest absolute Gasteiger partial charge is 0.294 e. The molecule has 1 atom stereocenters. The second-order valence-electron chi connectivity index (χ2n) is 8.16. The minimum absolute atomic E-state index is 0.120. The molecule has 3 aromatic rings. The first-order chi connectivity index (χ1) is 15.6. The lowest BCUT2D eigenvalue weighted by molar-refractivity contribution is -0.123. The Hall–Kier alpha value is -3.54. The lowest BCUT2D eigenvalue weighted by Crippen LogP contribution is -2.46. The molecule has 1 heterocycles. The predicted molar refractivity (Wildman–Crippen MR) is 123 cm³/mol. The maximum absolute atomic E-state index is 13.7. The van der Waals surface area contributed by atoms with E-state index in [-0.39, 0.29) is 23.6 Å². The molecule has 1 unspecified atom stereocenters. The van der Waals surface area contributed by atoms with Gasteiger partial charge in [-0.3, -0.25) is 14.5 Å². The highest BCUT2D eigenvalue weighted by molar-refractivity contribution is 6.08. The summed E-state index contributed by atoms with van der Waals surface area (Å²) < 4.78 is 10.8. The van der Waals surface area contributed by atoms with Crippen molar-refractivity contribution in [1.29, 1.82) is 0 Å². The van der Waals surface area contributed by atoms with Gasteiger partial charge in [0, 0.05) is 11.7 Å². The molecular weight excluding hydrogens is 404 g/mol. The van der Waals surface area contributed by atoms with Gasteiger partial charge >= 0.3 is 0 Å². The third kappa shape index (κ3) is 4.69. The Morgan fingerprint density at radius 2 is 1.81 bits per heavy atom. The van der Waals surface area contributed by atoms with Gasteiger partial charge in [-0.25, -0.2) is 0 Å². The molecule has 6 heteroatoms. The molecule has 166 valence electrons. The van der Waals surface area contributed by atoms with Crippen LogP contribution in [0.4, 0.5) is 5.69 Å². The minimum Gasteiger partial charge on any atom is -0.497 e. The lowest BCUT2D eigenvalue weighted by Gasteiger charge is -2.32. The fraction of sp³-hybridized carbons (Fsp3) is 0.308. The van der Waals surface area contributed by atoms with Crippen LogP contribution in [0.25, 0.3) is 0 Å². The Bertz CT molecular complexity index is 1050. The number of carbonyl (C=O) groups excluding carboxylic acids is 2. The summed E-state index contributed by atoms with van der Waals surface area (Å²) in [6.45, 7) is 1.98. The number of aryl methyl sites for hydroxylation is 1. The molecule has 0 bridgehead atoms. The van der Waals surface area contributed by atoms with E-state index in [0.29, 0.717) is 17.0 Å². The van der Waals surface area contributed by atoms with E-state index in [4.69, 9.17) is 9.15 Å². The summed E-state index contributed by atoms with van der Waals surface area (Å²) in [5, 5.41) is 3.17. The molecule has 1 aliphatic carbocycles. The molecule has 0 spiro atoms. The number of furan rings is 1. The summed E-state index contributed by atoms with van der Waals surface area (Å²) in [6.07, 6.45) is 5.56. The van der Waals surface area contributed by atoms with Crippen LogP contribution in [0.5, 0.6) is 5.75 Å². The first-order valence-corrected chi connectivity index (χ1v) is 10.9. The van der Waals surface area contributed by atoms with Gasteiger partial charge in [-0.15, -0.1) is 0 Å². The maximum atomic E-state index is 13.7.